The van der Waals surface area contributed by atoms with E-state index in [1.54, 1.807) is 12.4 Å². The molecule has 0 saturated carbocycles. The predicted molar refractivity (Wildman–Crippen MR) is 101 cm³/mol. The Morgan fingerprint density at radius 1 is 1.13 bits per heavy atom. The van der Waals surface area contributed by atoms with E-state index in [-0.39, 0.29) is 18.0 Å². The van der Waals surface area contributed by atoms with E-state index in [0.717, 1.165) is 13.1 Å². The summed E-state index contributed by atoms with van der Waals surface area (Å²) in [6.45, 7) is 5.92. The van der Waals surface area contributed by atoms with E-state index < -0.39 is 0 Å². The average molecular weight is 421 g/mol. The van der Waals surface area contributed by atoms with Crippen LogP contribution in [-0.2, 0) is 0 Å². The minimum absolute atomic E-state index is 0.0698. The van der Waals surface area contributed by atoms with E-state index in [9.17, 15) is 4.79 Å². The van der Waals surface area contributed by atoms with Crippen molar-refractivity contribution in [1.29, 1.82) is 0 Å². The van der Waals surface area contributed by atoms with Crippen molar-refractivity contribution in [1.82, 2.24) is 9.88 Å². The van der Waals surface area contributed by atoms with Crippen LogP contribution in [0, 0.1) is 3.57 Å². The summed E-state index contributed by atoms with van der Waals surface area (Å²) < 4.78 is 1.23. The van der Waals surface area contributed by atoms with Crippen LogP contribution >= 0.6 is 22.6 Å². The van der Waals surface area contributed by atoms with E-state index in [1.165, 1.54) is 9.26 Å². The Kier molecular flexibility index (Phi) is 4.84. The molecular formula is C18H20IN3O. The molecule has 2 aromatic rings. The third-order valence-electron chi connectivity index (χ3n) is 4.25. The van der Waals surface area contributed by atoms with Crippen LogP contribution in [0.1, 0.15) is 24.2 Å². The molecule has 1 saturated heterocycles. The largest absolute Gasteiger partial charge is 0.367 e. The van der Waals surface area contributed by atoms with Gasteiger partial charge in [0.1, 0.15) is 0 Å². The fourth-order valence-electron chi connectivity index (χ4n) is 3.22. The molecule has 5 heteroatoms. The van der Waals surface area contributed by atoms with Gasteiger partial charge in [0, 0.05) is 46.8 Å². The quantitative estimate of drug-likeness (QED) is 0.698. The molecule has 0 bridgehead atoms. The zero-order valence-electron chi connectivity index (χ0n) is 13.3. The van der Waals surface area contributed by atoms with E-state index in [1.807, 2.05) is 17.0 Å². The van der Waals surface area contributed by atoms with Gasteiger partial charge in [-0.05, 0) is 72.8 Å². The number of piperazine rings is 1. The molecule has 0 unspecified atom stereocenters. The molecular weight excluding hydrogens is 401 g/mol. The summed E-state index contributed by atoms with van der Waals surface area (Å²) in [6, 6.07) is 12.5. The van der Waals surface area contributed by atoms with Crippen LogP contribution < -0.4 is 4.90 Å². The fraction of sp³-hybridized carbons (Fsp3) is 0.333. The van der Waals surface area contributed by atoms with Crippen molar-refractivity contribution in [2.24, 2.45) is 0 Å². The molecule has 0 spiro atoms. The first-order chi connectivity index (χ1) is 11.1. The van der Waals surface area contributed by atoms with Crippen LogP contribution in [0.3, 0.4) is 0 Å². The summed E-state index contributed by atoms with van der Waals surface area (Å²) in [7, 11) is 0. The molecule has 4 nitrogen and oxygen atoms in total. The third-order valence-corrected chi connectivity index (χ3v) is 4.97. The molecule has 1 aromatic heterocycles. The van der Waals surface area contributed by atoms with Crippen molar-refractivity contribution in [2.75, 3.05) is 18.0 Å². The van der Waals surface area contributed by atoms with Gasteiger partial charge < -0.3 is 9.80 Å². The molecule has 2 heterocycles. The monoisotopic (exact) mass is 421 g/mol. The lowest BCUT2D eigenvalue weighted by Crippen LogP contribution is -2.58. The number of amides is 1. The number of hydrogen-bond donors (Lipinski definition) is 0. The molecule has 3 rings (SSSR count). The van der Waals surface area contributed by atoms with E-state index in [4.69, 9.17) is 0 Å². The minimum Gasteiger partial charge on any atom is -0.367 e. The van der Waals surface area contributed by atoms with E-state index >= 15 is 0 Å². The van der Waals surface area contributed by atoms with Crippen LogP contribution in [0.2, 0.25) is 0 Å². The summed E-state index contributed by atoms with van der Waals surface area (Å²) >= 11 is 2.32. The Morgan fingerprint density at radius 2 is 1.78 bits per heavy atom. The standard InChI is InChI=1S/C18H20IN3O/c1-13-11-21(17-7-5-16(19)6-8-17)12-14(2)22(13)18(23)15-4-3-9-20-10-15/h3-10,13-14H,11-12H2,1-2H3/t13-,14+. The van der Waals surface area contributed by atoms with Gasteiger partial charge in [-0.15, -0.1) is 0 Å². The van der Waals surface area contributed by atoms with Gasteiger partial charge in [0.05, 0.1) is 5.56 Å². The van der Waals surface area contributed by atoms with Gasteiger partial charge in [0.15, 0.2) is 0 Å². The van der Waals surface area contributed by atoms with Gasteiger partial charge in [-0.2, -0.15) is 0 Å². The maximum absolute atomic E-state index is 12.8. The lowest BCUT2D eigenvalue weighted by molar-refractivity contribution is 0.0574. The van der Waals surface area contributed by atoms with Crippen molar-refractivity contribution >= 4 is 34.2 Å². The molecule has 0 N–H and O–H groups in total. The highest BCUT2D eigenvalue weighted by Crippen LogP contribution is 2.24. The highest BCUT2D eigenvalue weighted by Gasteiger charge is 2.33. The van der Waals surface area contributed by atoms with Gasteiger partial charge in [0.25, 0.3) is 5.91 Å². The molecule has 0 radical (unpaired) electrons. The zero-order chi connectivity index (χ0) is 16.4. The molecule has 1 aromatic carbocycles. The maximum atomic E-state index is 12.8. The molecule has 1 amide bonds. The Bertz CT molecular complexity index is 662. The summed E-state index contributed by atoms with van der Waals surface area (Å²) in [5.41, 5.74) is 1.88. The SMILES string of the molecule is C[C@@H]1CN(c2ccc(I)cc2)C[C@H](C)N1C(=O)c1cccnc1. The smallest absolute Gasteiger partial charge is 0.256 e. The maximum Gasteiger partial charge on any atom is 0.256 e. The first-order valence-electron chi connectivity index (χ1n) is 7.79. The number of rotatable bonds is 2. The summed E-state index contributed by atoms with van der Waals surface area (Å²) in [5, 5.41) is 0. The number of halogens is 1. The second-order valence-corrected chi connectivity index (χ2v) is 7.28. The number of aromatic nitrogens is 1. The second-order valence-electron chi connectivity index (χ2n) is 6.03. The number of carbonyl (C=O) groups is 1. The predicted octanol–water partition coefficient (Wildman–Crippen LogP) is 3.43. The third kappa shape index (κ3) is 3.49. The topological polar surface area (TPSA) is 36.4 Å². The molecule has 1 aliphatic rings. The molecule has 1 aliphatic heterocycles. The Morgan fingerprint density at radius 3 is 2.35 bits per heavy atom. The van der Waals surface area contributed by atoms with Gasteiger partial charge in [0.2, 0.25) is 0 Å². The van der Waals surface area contributed by atoms with E-state index in [2.05, 4.69) is 70.6 Å². The first-order valence-corrected chi connectivity index (χ1v) is 8.87. The van der Waals surface area contributed by atoms with Crippen molar-refractivity contribution < 1.29 is 4.79 Å². The fourth-order valence-corrected chi connectivity index (χ4v) is 3.58. The summed E-state index contributed by atoms with van der Waals surface area (Å²) in [4.78, 5) is 21.2. The molecule has 2 atom stereocenters. The molecule has 0 aliphatic carbocycles. The van der Waals surface area contributed by atoms with Gasteiger partial charge in [-0.25, -0.2) is 0 Å². The highest BCUT2D eigenvalue weighted by atomic mass is 127. The number of anilines is 1. The Hall–Kier alpha value is -1.63. The number of nitrogens with zero attached hydrogens (tertiary/aromatic N) is 3. The summed E-state index contributed by atoms with van der Waals surface area (Å²) in [5.74, 6) is 0.0698. The van der Waals surface area contributed by atoms with Crippen molar-refractivity contribution in [3.8, 4) is 0 Å². The Balaban J connectivity index is 1.77. The number of hydrogen-bond acceptors (Lipinski definition) is 3. The van der Waals surface area contributed by atoms with Crippen LogP contribution in [-0.4, -0.2) is 41.0 Å². The summed E-state index contributed by atoms with van der Waals surface area (Å²) in [6.07, 6.45) is 3.34. The van der Waals surface area contributed by atoms with Crippen molar-refractivity contribution in [3.05, 3.63) is 57.9 Å². The highest BCUT2D eigenvalue weighted by molar-refractivity contribution is 14.1. The molecule has 23 heavy (non-hydrogen) atoms. The van der Waals surface area contributed by atoms with Crippen LogP contribution in [0.25, 0.3) is 0 Å². The van der Waals surface area contributed by atoms with Crippen LogP contribution in [0.4, 0.5) is 5.69 Å². The molecule has 120 valence electrons. The van der Waals surface area contributed by atoms with Crippen molar-refractivity contribution in [2.45, 2.75) is 25.9 Å². The van der Waals surface area contributed by atoms with E-state index in [0.29, 0.717) is 5.56 Å². The molecule has 1 fully saturated rings. The number of pyridine rings is 1. The van der Waals surface area contributed by atoms with Crippen molar-refractivity contribution in [3.63, 3.8) is 0 Å². The first kappa shape index (κ1) is 16.2. The lowest BCUT2D eigenvalue weighted by Gasteiger charge is -2.45. The van der Waals surface area contributed by atoms with Crippen LogP contribution in [0.5, 0.6) is 0 Å². The van der Waals surface area contributed by atoms with Gasteiger partial charge >= 0.3 is 0 Å². The average Bonchev–Trinajstić information content (AvgIpc) is 2.55. The number of carbonyl (C=O) groups excluding carboxylic acids is 1. The second kappa shape index (κ2) is 6.86. The zero-order valence-corrected chi connectivity index (χ0v) is 15.5. The lowest BCUT2D eigenvalue weighted by atomic mass is 10.1. The van der Waals surface area contributed by atoms with Gasteiger partial charge in [-0.1, -0.05) is 0 Å². The normalized spacial score (nSPS) is 21.3. The van der Waals surface area contributed by atoms with Gasteiger partial charge in [-0.3, -0.25) is 9.78 Å². The minimum atomic E-state index is 0.0698. The van der Waals surface area contributed by atoms with Crippen LogP contribution in [0.15, 0.2) is 48.8 Å². The Labute approximate surface area is 150 Å². The number of benzene rings is 1.